The number of carbonyl (C=O) groups excluding carboxylic acids is 2. The summed E-state index contributed by atoms with van der Waals surface area (Å²) in [7, 11) is -3.67. The van der Waals surface area contributed by atoms with E-state index in [-0.39, 0.29) is 5.70 Å². The molecule has 0 aromatic carbocycles. The average Bonchev–Trinajstić information content (AvgIpc) is 2.31. The highest BCUT2D eigenvalue weighted by Crippen LogP contribution is 1.96. The Labute approximate surface area is 72.6 Å². The molecule has 0 aliphatic carbocycles. The van der Waals surface area contributed by atoms with Crippen LogP contribution in [0.1, 0.15) is 0 Å². The Hall–Kier alpha value is -1.61. The molecule has 72 valence electrons. The van der Waals surface area contributed by atoms with Gasteiger partial charge in [0.15, 0.2) is 5.94 Å². The summed E-state index contributed by atoms with van der Waals surface area (Å²) in [5.41, 5.74) is 1.64. The Morgan fingerprint density at radius 2 is 1.85 bits per heavy atom. The highest BCUT2D eigenvalue weighted by atomic mass is 32.2. The van der Waals surface area contributed by atoms with Gasteiger partial charge in [0, 0.05) is 0 Å². The van der Waals surface area contributed by atoms with Crippen molar-refractivity contribution in [3.8, 4) is 0 Å². The maximum absolute atomic E-state index is 10.2. The third-order valence-electron chi connectivity index (χ3n) is 0.613. The molecule has 0 saturated carbocycles. The van der Waals surface area contributed by atoms with Crippen LogP contribution in [0.25, 0.3) is 0 Å². The van der Waals surface area contributed by atoms with Crippen LogP contribution in [0.5, 0.6) is 0 Å². The van der Waals surface area contributed by atoms with Crippen molar-refractivity contribution in [2.45, 2.75) is 0 Å². The Morgan fingerprint density at radius 1 is 1.38 bits per heavy atom. The Balaban J connectivity index is 0.000000252. The summed E-state index contributed by atoms with van der Waals surface area (Å²) in [5, 5.41) is 14.3. The molecule has 9 nitrogen and oxygen atoms in total. The lowest BCUT2D eigenvalue weighted by Gasteiger charge is -1.75. The van der Waals surface area contributed by atoms with Gasteiger partial charge in [0.25, 0.3) is 10.2 Å². The molecule has 10 heteroatoms. The molecule has 0 bridgehead atoms. The van der Waals surface area contributed by atoms with Crippen LogP contribution in [-0.2, 0) is 19.8 Å². The Morgan fingerprint density at radius 3 is 2.00 bits per heavy atom. The van der Waals surface area contributed by atoms with Crippen LogP contribution in [0.2, 0.25) is 0 Å². The first-order valence-corrected chi connectivity index (χ1v) is 4.22. The number of nitrogens with one attached hydrogen (secondary N) is 1. The molecular weight excluding hydrogens is 202 g/mol. The minimum Gasteiger partial charge on any atom is -0.265 e. The van der Waals surface area contributed by atoms with Gasteiger partial charge in [-0.2, -0.15) is 8.42 Å². The van der Waals surface area contributed by atoms with Crippen LogP contribution in [0.4, 0.5) is 0 Å². The zero-order valence-corrected chi connectivity index (χ0v) is 6.91. The molecule has 0 aromatic rings. The van der Waals surface area contributed by atoms with E-state index in [4.69, 9.17) is 0 Å². The minimum absolute atomic E-state index is 0.301. The first-order valence-electron chi connectivity index (χ1n) is 2.61. The summed E-state index contributed by atoms with van der Waals surface area (Å²) in [5.74, 6) is 0.711. The highest BCUT2D eigenvalue weighted by Gasteiger charge is 2.13. The van der Waals surface area contributed by atoms with Crippen molar-refractivity contribution in [1.82, 2.24) is 5.43 Å². The second-order valence-electron chi connectivity index (χ2n) is 1.68. The van der Waals surface area contributed by atoms with Crippen molar-refractivity contribution < 1.29 is 18.0 Å². The first-order chi connectivity index (χ1) is 5.84. The van der Waals surface area contributed by atoms with Crippen LogP contribution in [-0.4, -0.2) is 20.3 Å². The van der Waals surface area contributed by atoms with E-state index >= 15 is 0 Å². The predicted molar refractivity (Wildman–Crippen MR) is 39.5 cm³/mol. The number of carbonyl (C=O) groups is 1. The Kier molecular flexibility index (Phi) is 3.88. The number of hydrogen-bond donors (Lipinski definition) is 3. The minimum atomic E-state index is -3.67. The topological polar surface area (TPSA) is 157 Å². The molecule has 0 fully saturated rings. The summed E-state index contributed by atoms with van der Waals surface area (Å²) in [6.07, 6.45) is 0. The van der Waals surface area contributed by atoms with Gasteiger partial charge in [-0.05, 0) is 0 Å². The maximum Gasteiger partial charge on any atom is 0.304 e. The standard InChI is InChI=1S/C3HN3O2.H4N2O2S/c7-1-2-3(8)5-6-4-2;1-5(2,3)4/h(H,4,5,8);(H4,1,2,3,4). The fraction of sp³-hybridized carbons (Fsp3) is 0. The third kappa shape index (κ3) is 6.77. The summed E-state index contributed by atoms with van der Waals surface area (Å²) in [6, 6.07) is 0. The Bertz CT molecular complexity index is 369. The number of hydrogen-bond acceptors (Lipinski definition) is 6. The van der Waals surface area contributed by atoms with Gasteiger partial charge in [-0.3, -0.25) is 4.79 Å². The number of rotatable bonds is 0. The van der Waals surface area contributed by atoms with Crippen LogP contribution >= 0.6 is 0 Å². The molecule has 0 aromatic heterocycles. The van der Waals surface area contributed by atoms with Gasteiger partial charge >= 0.3 is 5.91 Å². The molecule has 0 radical (unpaired) electrons. The zero-order valence-electron chi connectivity index (χ0n) is 6.09. The molecule has 1 heterocycles. The monoisotopic (exact) mass is 207 g/mol. The lowest BCUT2D eigenvalue weighted by atomic mass is 10.5. The fourth-order valence-corrected chi connectivity index (χ4v) is 0.286. The molecule has 1 amide bonds. The largest absolute Gasteiger partial charge is 0.304 e. The van der Waals surface area contributed by atoms with Gasteiger partial charge in [-0.25, -0.2) is 20.5 Å². The molecule has 1 rings (SSSR count). The summed E-state index contributed by atoms with van der Waals surface area (Å²) >= 11 is 0. The molecular formula is C3H5N5O4S. The van der Waals surface area contributed by atoms with Crippen LogP contribution in [0.3, 0.4) is 0 Å². The van der Waals surface area contributed by atoms with E-state index < -0.39 is 16.1 Å². The van der Waals surface area contributed by atoms with E-state index in [1.165, 1.54) is 5.94 Å². The van der Waals surface area contributed by atoms with Gasteiger partial charge in [-0.15, -0.1) is 5.11 Å². The van der Waals surface area contributed by atoms with E-state index in [1.54, 1.807) is 0 Å². The van der Waals surface area contributed by atoms with Crippen molar-refractivity contribution in [3.05, 3.63) is 5.70 Å². The van der Waals surface area contributed by atoms with Crippen LogP contribution < -0.4 is 15.7 Å². The fourth-order valence-electron chi connectivity index (χ4n) is 0.286. The first kappa shape index (κ1) is 11.4. The van der Waals surface area contributed by atoms with E-state index in [9.17, 15) is 18.0 Å². The molecule has 0 atom stereocenters. The van der Waals surface area contributed by atoms with E-state index in [0.29, 0.717) is 0 Å². The van der Waals surface area contributed by atoms with Crippen molar-refractivity contribution >= 4 is 22.1 Å². The lowest BCUT2D eigenvalue weighted by Crippen LogP contribution is -2.21. The molecule has 5 N–H and O–H groups in total. The van der Waals surface area contributed by atoms with E-state index in [0.717, 1.165) is 0 Å². The molecule has 1 aliphatic heterocycles. The quantitative estimate of drug-likeness (QED) is 0.292. The zero-order chi connectivity index (χ0) is 10.5. The van der Waals surface area contributed by atoms with Crippen molar-refractivity contribution in [3.63, 3.8) is 0 Å². The predicted octanol–water partition coefficient (Wildman–Crippen LogP) is -2.65. The number of nitrogens with zero attached hydrogens (tertiary/aromatic N) is 2. The van der Waals surface area contributed by atoms with Gasteiger partial charge in [-0.1, -0.05) is 5.22 Å². The number of amides is 1. The van der Waals surface area contributed by atoms with Gasteiger partial charge in [0.05, 0.1) is 0 Å². The highest BCUT2D eigenvalue weighted by molar-refractivity contribution is 7.86. The van der Waals surface area contributed by atoms with Crippen LogP contribution in [0, 0.1) is 0 Å². The summed E-state index contributed by atoms with van der Waals surface area (Å²) in [6.45, 7) is 0. The second-order valence-corrected chi connectivity index (χ2v) is 2.86. The summed E-state index contributed by atoms with van der Waals surface area (Å²) < 4.78 is 18.4. The summed E-state index contributed by atoms with van der Waals surface area (Å²) in [4.78, 5) is 19.8. The molecule has 1 aliphatic rings. The van der Waals surface area contributed by atoms with Crippen LogP contribution in [0.15, 0.2) is 16.0 Å². The molecule has 13 heavy (non-hydrogen) atoms. The maximum atomic E-state index is 10.2. The van der Waals surface area contributed by atoms with E-state index in [1.807, 2.05) is 5.43 Å². The average molecular weight is 207 g/mol. The van der Waals surface area contributed by atoms with Gasteiger partial charge in [0.2, 0.25) is 5.70 Å². The van der Waals surface area contributed by atoms with Crippen molar-refractivity contribution in [1.29, 1.82) is 0 Å². The number of nitrogens with two attached hydrogens (primary N) is 2. The van der Waals surface area contributed by atoms with E-state index in [2.05, 4.69) is 20.6 Å². The molecule has 0 saturated heterocycles. The van der Waals surface area contributed by atoms with Gasteiger partial charge in [0.1, 0.15) is 0 Å². The van der Waals surface area contributed by atoms with Gasteiger partial charge < -0.3 is 0 Å². The third-order valence-corrected chi connectivity index (χ3v) is 0.613. The van der Waals surface area contributed by atoms with Crippen molar-refractivity contribution in [2.75, 3.05) is 0 Å². The molecule has 0 spiro atoms. The lowest BCUT2D eigenvalue weighted by molar-refractivity contribution is -0.116. The normalized spacial score (nSPS) is 14.3. The van der Waals surface area contributed by atoms with Crippen molar-refractivity contribution in [2.24, 2.45) is 20.6 Å². The second kappa shape index (κ2) is 4.42. The smallest absolute Gasteiger partial charge is 0.265 e. The molecule has 0 unspecified atom stereocenters. The SMILES string of the molecule is NS(N)(=O)=O.O=C=C1N=NNC1=O.